The van der Waals surface area contributed by atoms with Gasteiger partial charge in [-0.1, -0.05) is 45.4 Å². The first-order valence-electron chi connectivity index (χ1n) is 9.40. The molecule has 0 radical (unpaired) electrons. The molecule has 0 bridgehead atoms. The molecule has 6 nitrogen and oxygen atoms in total. The maximum atomic E-state index is 12.0. The van der Waals surface area contributed by atoms with Crippen LogP contribution in [0.25, 0.3) is 10.8 Å². The highest BCUT2D eigenvalue weighted by Crippen LogP contribution is 2.37. The lowest BCUT2D eigenvalue weighted by Gasteiger charge is -2.15. The third-order valence-corrected chi connectivity index (χ3v) is 3.84. The number of carbonyl (C=O) groups is 2. The molecule has 152 valence electrons. The molecule has 0 aromatic heterocycles. The Bertz CT molecular complexity index is 854. The van der Waals surface area contributed by atoms with E-state index in [1.54, 1.807) is 13.0 Å². The first-order valence-corrected chi connectivity index (χ1v) is 9.40. The lowest BCUT2D eigenvalue weighted by atomic mass is 10.0. The first-order chi connectivity index (χ1) is 13.2. The highest BCUT2D eigenvalue weighted by Gasteiger charge is 2.18. The van der Waals surface area contributed by atoms with E-state index in [0.29, 0.717) is 27.8 Å². The number of fused-ring (bicyclic) bond motifs is 1. The smallest absolute Gasteiger partial charge is 0.434 e. The molecule has 0 heterocycles. The summed E-state index contributed by atoms with van der Waals surface area (Å²) in [5.74, 6) is 1.15. The number of carbonyl (C=O) groups excluding carboxylic acids is 2. The highest BCUT2D eigenvalue weighted by molar-refractivity contribution is 5.97. The van der Waals surface area contributed by atoms with Crippen LogP contribution in [0.2, 0.25) is 0 Å². The van der Waals surface area contributed by atoms with E-state index >= 15 is 0 Å². The molecule has 0 aliphatic heterocycles. The van der Waals surface area contributed by atoms with Crippen molar-refractivity contribution in [3.05, 3.63) is 35.4 Å². The van der Waals surface area contributed by atoms with E-state index in [-0.39, 0.29) is 25.0 Å². The van der Waals surface area contributed by atoms with Crippen LogP contribution in [0.4, 0.5) is 9.59 Å². The van der Waals surface area contributed by atoms with Crippen molar-refractivity contribution in [3.63, 3.8) is 0 Å². The van der Waals surface area contributed by atoms with Gasteiger partial charge in [0.05, 0.1) is 13.2 Å². The fourth-order valence-corrected chi connectivity index (χ4v) is 2.53. The van der Waals surface area contributed by atoms with Gasteiger partial charge < -0.3 is 18.9 Å². The summed E-state index contributed by atoms with van der Waals surface area (Å²) in [6, 6.07) is 7.25. The average molecular weight is 388 g/mol. The van der Waals surface area contributed by atoms with Crippen LogP contribution >= 0.6 is 0 Å². The van der Waals surface area contributed by atoms with E-state index in [1.165, 1.54) is 0 Å². The molecule has 0 atom stereocenters. The fourth-order valence-electron chi connectivity index (χ4n) is 2.53. The molecule has 0 unspecified atom stereocenters. The topological polar surface area (TPSA) is 71.1 Å². The SMILES string of the molecule is Cc1ccc2c(OC(=O)OCC(C)C)c(C)cc(OC(=O)OCC(C)C)c2c1. The van der Waals surface area contributed by atoms with E-state index in [0.717, 1.165) is 5.56 Å². The number of benzene rings is 2. The summed E-state index contributed by atoms with van der Waals surface area (Å²) in [5.41, 5.74) is 1.62. The summed E-state index contributed by atoms with van der Waals surface area (Å²) in [4.78, 5) is 24.1. The van der Waals surface area contributed by atoms with Crippen molar-refractivity contribution >= 4 is 23.1 Å². The summed E-state index contributed by atoms with van der Waals surface area (Å²) in [5, 5.41) is 1.30. The molecule has 0 aliphatic carbocycles. The number of hydrogen-bond donors (Lipinski definition) is 0. The van der Waals surface area contributed by atoms with E-state index in [2.05, 4.69) is 0 Å². The molecule has 0 amide bonds. The molecule has 0 fully saturated rings. The maximum Gasteiger partial charge on any atom is 0.513 e. The van der Waals surface area contributed by atoms with Crippen molar-refractivity contribution in [1.29, 1.82) is 0 Å². The molecular formula is C22H28O6. The maximum absolute atomic E-state index is 12.0. The lowest BCUT2D eigenvalue weighted by Crippen LogP contribution is -2.16. The summed E-state index contributed by atoms with van der Waals surface area (Å²) < 4.78 is 21.1. The zero-order valence-electron chi connectivity index (χ0n) is 17.3. The van der Waals surface area contributed by atoms with Crippen molar-refractivity contribution in [2.75, 3.05) is 13.2 Å². The van der Waals surface area contributed by atoms with E-state index < -0.39 is 12.3 Å². The summed E-state index contributed by atoms with van der Waals surface area (Å²) in [6.45, 7) is 12.0. The summed E-state index contributed by atoms with van der Waals surface area (Å²) >= 11 is 0. The Kier molecular flexibility index (Phi) is 7.26. The average Bonchev–Trinajstić information content (AvgIpc) is 2.61. The molecule has 6 heteroatoms. The van der Waals surface area contributed by atoms with Gasteiger partial charge in [0, 0.05) is 10.8 Å². The molecule has 2 aromatic carbocycles. The predicted octanol–water partition coefficient (Wildman–Crippen LogP) is 5.80. The number of aryl methyl sites for hydroxylation is 2. The van der Waals surface area contributed by atoms with Crippen LogP contribution in [-0.4, -0.2) is 25.5 Å². The van der Waals surface area contributed by atoms with Crippen LogP contribution < -0.4 is 9.47 Å². The zero-order valence-corrected chi connectivity index (χ0v) is 17.3. The third-order valence-electron chi connectivity index (χ3n) is 3.84. The van der Waals surface area contributed by atoms with Gasteiger partial charge in [-0.2, -0.15) is 0 Å². The minimum atomic E-state index is -0.763. The molecule has 0 saturated heterocycles. The van der Waals surface area contributed by atoms with Crippen molar-refractivity contribution in [1.82, 2.24) is 0 Å². The van der Waals surface area contributed by atoms with Crippen molar-refractivity contribution < 1.29 is 28.5 Å². The van der Waals surface area contributed by atoms with Gasteiger partial charge >= 0.3 is 12.3 Å². The molecule has 28 heavy (non-hydrogen) atoms. The van der Waals surface area contributed by atoms with Crippen LogP contribution in [0.3, 0.4) is 0 Å². The Balaban J connectivity index is 2.34. The minimum Gasteiger partial charge on any atom is -0.434 e. The Morgan fingerprint density at radius 3 is 1.96 bits per heavy atom. The van der Waals surface area contributed by atoms with Crippen molar-refractivity contribution in [3.8, 4) is 11.5 Å². The summed E-state index contributed by atoms with van der Waals surface area (Å²) in [6.07, 6.45) is -1.52. The Hall–Kier alpha value is -2.76. The van der Waals surface area contributed by atoms with Crippen molar-refractivity contribution in [2.24, 2.45) is 11.8 Å². The molecule has 2 rings (SSSR count). The second-order valence-electron chi connectivity index (χ2n) is 7.68. The second-order valence-corrected chi connectivity index (χ2v) is 7.68. The first kappa shape index (κ1) is 21.5. The molecular weight excluding hydrogens is 360 g/mol. The third kappa shape index (κ3) is 5.87. The van der Waals surface area contributed by atoms with Gasteiger partial charge in [0.1, 0.15) is 11.5 Å². The summed E-state index contributed by atoms with van der Waals surface area (Å²) in [7, 11) is 0. The van der Waals surface area contributed by atoms with Gasteiger partial charge in [-0.05, 0) is 43.4 Å². The van der Waals surface area contributed by atoms with Crippen LogP contribution in [0.1, 0.15) is 38.8 Å². The zero-order chi connectivity index (χ0) is 20.8. The number of ether oxygens (including phenoxy) is 4. The lowest BCUT2D eigenvalue weighted by molar-refractivity contribution is 0.0871. The normalized spacial score (nSPS) is 11.0. The van der Waals surface area contributed by atoms with Crippen molar-refractivity contribution in [2.45, 2.75) is 41.5 Å². The van der Waals surface area contributed by atoms with E-state index in [1.807, 2.05) is 52.8 Å². The van der Waals surface area contributed by atoms with E-state index in [4.69, 9.17) is 18.9 Å². The van der Waals surface area contributed by atoms with Crippen LogP contribution in [0.15, 0.2) is 24.3 Å². The monoisotopic (exact) mass is 388 g/mol. The standard InChI is InChI=1S/C22H28O6/c1-13(2)11-25-21(23)27-19-10-16(6)20(28-22(24)26-12-14(3)4)17-8-7-15(5)9-18(17)19/h7-10,13-14H,11-12H2,1-6H3. The molecule has 0 aliphatic rings. The fraction of sp³-hybridized carbons (Fsp3) is 0.455. The Labute approximate surface area is 165 Å². The molecule has 0 N–H and O–H groups in total. The van der Waals surface area contributed by atoms with Crippen LogP contribution in [-0.2, 0) is 9.47 Å². The van der Waals surface area contributed by atoms with Crippen LogP contribution in [0.5, 0.6) is 11.5 Å². The molecule has 2 aromatic rings. The highest BCUT2D eigenvalue weighted by atomic mass is 16.7. The van der Waals surface area contributed by atoms with E-state index in [9.17, 15) is 9.59 Å². The second kappa shape index (κ2) is 9.44. The number of rotatable bonds is 6. The minimum absolute atomic E-state index is 0.209. The van der Waals surface area contributed by atoms with Gasteiger partial charge in [-0.25, -0.2) is 9.59 Å². The van der Waals surface area contributed by atoms with Gasteiger partial charge in [-0.3, -0.25) is 0 Å². The number of hydrogen-bond acceptors (Lipinski definition) is 6. The van der Waals surface area contributed by atoms with Crippen LogP contribution in [0, 0.1) is 25.7 Å². The Morgan fingerprint density at radius 2 is 1.39 bits per heavy atom. The predicted molar refractivity (Wildman–Crippen MR) is 107 cm³/mol. The Morgan fingerprint density at radius 1 is 0.821 bits per heavy atom. The van der Waals surface area contributed by atoms with Gasteiger partial charge in [0.2, 0.25) is 0 Å². The quantitative estimate of drug-likeness (QED) is 0.460. The molecule has 0 saturated carbocycles. The largest absolute Gasteiger partial charge is 0.513 e. The van der Waals surface area contributed by atoms with Gasteiger partial charge in [-0.15, -0.1) is 0 Å². The van der Waals surface area contributed by atoms with Gasteiger partial charge in [0.25, 0.3) is 0 Å². The van der Waals surface area contributed by atoms with Gasteiger partial charge in [0.15, 0.2) is 0 Å². The molecule has 0 spiro atoms.